The fraction of sp³-hybridized carbons (Fsp3) is 0.143. The number of carbonyl (C=O) groups excluding carboxylic acids is 2. The third-order valence-corrected chi connectivity index (χ3v) is 3.92. The highest BCUT2D eigenvalue weighted by atomic mass is 79.9. The average Bonchev–Trinajstić information content (AvgIpc) is 2.98. The molecule has 0 bridgehead atoms. The van der Waals surface area contributed by atoms with Gasteiger partial charge in [0.2, 0.25) is 0 Å². The lowest BCUT2D eigenvalue weighted by Crippen LogP contribution is -2.43. The molecule has 0 aliphatic rings. The summed E-state index contributed by atoms with van der Waals surface area (Å²) in [6.45, 7) is 1.71. The van der Waals surface area contributed by atoms with Crippen LogP contribution in [-0.4, -0.2) is 18.4 Å². The number of aryl methyl sites for hydroxylation is 1. The summed E-state index contributed by atoms with van der Waals surface area (Å²) in [7, 11) is 0. The molecule has 0 saturated heterocycles. The molecular weight excluding hydrogens is 356 g/mol. The molecule has 0 radical (unpaired) electrons. The molecule has 1 heterocycles. The summed E-state index contributed by atoms with van der Waals surface area (Å²) < 4.78 is 6.34. The van der Waals surface area contributed by atoms with Crippen LogP contribution in [0.5, 0.6) is 5.75 Å². The predicted octanol–water partition coefficient (Wildman–Crippen LogP) is 2.66. The Balaban J connectivity index is 1.78. The minimum absolute atomic E-state index is 0.173. The van der Waals surface area contributed by atoms with Crippen molar-refractivity contribution in [3.05, 3.63) is 50.6 Å². The van der Waals surface area contributed by atoms with Crippen LogP contribution in [0, 0.1) is 6.92 Å². The van der Waals surface area contributed by atoms with Crippen molar-refractivity contribution in [1.29, 1.82) is 0 Å². The van der Waals surface area contributed by atoms with E-state index >= 15 is 0 Å². The smallest absolute Gasteiger partial charge is 0.279 e. The number of hydrazine groups is 1. The first-order valence-electron chi connectivity index (χ1n) is 6.08. The topological polar surface area (TPSA) is 67.4 Å². The van der Waals surface area contributed by atoms with Gasteiger partial charge in [-0.2, -0.15) is 0 Å². The lowest BCUT2D eigenvalue weighted by atomic mass is 10.2. The fourth-order valence-corrected chi connectivity index (χ4v) is 2.64. The monoisotopic (exact) mass is 368 g/mol. The second-order valence-corrected chi connectivity index (χ2v) is 6.04. The van der Waals surface area contributed by atoms with Crippen LogP contribution in [0.25, 0.3) is 0 Å². The zero-order chi connectivity index (χ0) is 15.2. The summed E-state index contributed by atoms with van der Waals surface area (Å²) in [5, 5.41) is 1.79. The summed E-state index contributed by atoms with van der Waals surface area (Å²) in [4.78, 5) is 23.8. The second-order valence-electron chi connectivity index (χ2n) is 4.18. The van der Waals surface area contributed by atoms with E-state index in [1.807, 2.05) is 19.1 Å². The lowest BCUT2D eigenvalue weighted by Gasteiger charge is -2.10. The van der Waals surface area contributed by atoms with Gasteiger partial charge in [-0.25, -0.2) is 0 Å². The van der Waals surface area contributed by atoms with Crippen molar-refractivity contribution in [3.63, 3.8) is 0 Å². The summed E-state index contributed by atoms with van der Waals surface area (Å²) in [6, 6.07) is 8.94. The second kappa shape index (κ2) is 7.24. The van der Waals surface area contributed by atoms with Crippen LogP contribution >= 0.6 is 27.3 Å². The number of thiophene rings is 1. The number of hydrogen-bond donors (Lipinski definition) is 2. The van der Waals surface area contributed by atoms with E-state index in [1.54, 1.807) is 23.6 Å². The van der Waals surface area contributed by atoms with Crippen LogP contribution in [0.3, 0.4) is 0 Å². The fourth-order valence-electron chi connectivity index (χ4n) is 1.55. The molecule has 1 aromatic carbocycles. The Labute approximate surface area is 134 Å². The maximum atomic E-state index is 11.6. The van der Waals surface area contributed by atoms with Gasteiger partial charge in [0.25, 0.3) is 11.8 Å². The molecule has 0 aliphatic carbocycles. The van der Waals surface area contributed by atoms with Gasteiger partial charge in [-0.3, -0.25) is 20.4 Å². The Kier molecular flexibility index (Phi) is 5.35. The van der Waals surface area contributed by atoms with Crippen LogP contribution in [-0.2, 0) is 4.79 Å². The van der Waals surface area contributed by atoms with Crippen molar-refractivity contribution in [2.75, 3.05) is 6.61 Å². The maximum absolute atomic E-state index is 11.6. The zero-order valence-corrected chi connectivity index (χ0v) is 13.6. The first kappa shape index (κ1) is 15.5. The van der Waals surface area contributed by atoms with Gasteiger partial charge in [0.15, 0.2) is 6.61 Å². The van der Waals surface area contributed by atoms with Crippen LogP contribution < -0.4 is 15.6 Å². The summed E-state index contributed by atoms with van der Waals surface area (Å²) in [5.41, 5.74) is 5.55. The van der Waals surface area contributed by atoms with E-state index in [0.29, 0.717) is 10.6 Å². The van der Waals surface area contributed by atoms with E-state index < -0.39 is 5.91 Å². The van der Waals surface area contributed by atoms with Crippen molar-refractivity contribution in [1.82, 2.24) is 10.9 Å². The first-order valence-corrected chi connectivity index (χ1v) is 7.75. The number of rotatable bonds is 4. The molecule has 0 saturated carbocycles. The van der Waals surface area contributed by atoms with E-state index in [1.165, 1.54) is 11.3 Å². The molecule has 7 heteroatoms. The SMILES string of the molecule is Cc1cc(Br)ccc1OCC(=O)NNC(=O)c1cccs1. The van der Waals surface area contributed by atoms with E-state index in [-0.39, 0.29) is 12.5 Å². The van der Waals surface area contributed by atoms with Gasteiger partial charge in [-0.15, -0.1) is 11.3 Å². The normalized spacial score (nSPS) is 10.0. The molecule has 110 valence electrons. The minimum atomic E-state index is -0.428. The summed E-state index contributed by atoms with van der Waals surface area (Å²) >= 11 is 4.65. The Morgan fingerprint density at radius 2 is 2.10 bits per heavy atom. The Bertz CT molecular complexity index is 644. The predicted molar refractivity (Wildman–Crippen MR) is 84.3 cm³/mol. The molecule has 2 N–H and O–H groups in total. The van der Waals surface area contributed by atoms with Gasteiger partial charge in [0.05, 0.1) is 4.88 Å². The van der Waals surface area contributed by atoms with E-state index in [4.69, 9.17) is 4.74 Å². The maximum Gasteiger partial charge on any atom is 0.279 e. The number of carbonyl (C=O) groups is 2. The largest absolute Gasteiger partial charge is 0.483 e. The number of benzene rings is 1. The molecule has 5 nitrogen and oxygen atoms in total. The molecule has 21 heavy (non-hydrogen) atoms. The van der Waals surface area contributed by atoms with Gasteiger partial charge in [0, 0.05) is 4.47 Å². The Morgan fingerprint density at radius 1 is 1.29 bits per heavy atom. The van der Waals surface area contributed by atoms with Crippen molar-refractivity contribution in [2.24, 2.45) is 0 Å². The van der Waals surface area contributed by atoms with Crippen LogP contribution in [0.2, 0.25) is 0 Å². The average molecular weight is 369 g/mol. The highest BCUT2D eigenvalue weighted by molar-refractivity contribution is 9.10. The lowest BCUT2D eigenvalue weighted by molar-refractivity contribution is -0.123. The molecule has 0 unspecified atom stereocenters. The highest BCUT2D eigenvalue weighted by Gasteiger charge is 2.09. The minimum Gasteiger partial charge on any atom is -0.483 e. The zero-order valence-electron chi connectivity index (χ0n) is 11.2. The van der Waals surface area contributed by atoms with E-state index in [2.05, 4.69) is 26.8 Å². The molecule has 0 fully saturated rings. The number of halogens is 1. The molecule has 2 rings (SSSR count). The van der Waals surface area contributed by atoms with Crippen molar-refractivity contribution >= 4 is 39.1 Å². The highest BCUT2D eigenvalue weighted by Crippen LogP contribution is 2.21. The van der Waals surface area contributed by atoms with Crippen molar-refractivity contribution in [2.45, 2.75) is 6.92 Å². The molecule has 0 spiro atoms. The molecule has 0 aliphatic heterocycles. The molecule has 2 aromatic rings. The Hall–Kier alpha value is -1.86. The quantitative estimate of drug-likeness (QED) is 0.815. The van der Waals surface area contributed by atoms with Gasteiger partial charge in [-0.05, 0) is 42.1 Å². The molecular formula is C14H13BrN2O3S. The number of ether oxygens (including phenoxy) is 1. The van der Waals surface area contributed by atoms with Gasteiger partial charge in [0.1, 0.15) is 5.75 Å². The summed E-state index contributed by atoms with van der Waals surface area (Å²) in [6.07, 6.45) is 0. The summed E-state index contributed by atoms with van der Waals surface area (Å²) in [5.74, 6) is -0.154. The van der Waals surface area contributed by atoms with Crippen molar-refractivity contribution in [3.8, 4) is 5.75 Å². The van der Waals surface area contributed by atoms with Crippen LogP contribution in [0.1, 0.15) is 15.2 Å². The number of amides is 2. The van der Waals surface area contributed by atoms with Crippen LogP contribution in [0.15, 0.2) is 40.2 Å². The molecule has 0 atom stereocenters. The number of hydrogen-bond acceptors (Lipinski definition) is 4. The third-order valence-electron chi connectivity index (χ3n) is 2.56. The van der Waals surface area contributed by atoms with Gasteiger partial charge in [-0.1, -0.05) is 22.0 Å². The standard InChI is InChI=1S/C14H13BrN2O3S/c1-9-7-10(15)4-5-11(9)20-8-13(18)16-17-14(19)12-3-2-6-21-12/h2-7H,8H2,1H3,(H,16,18)(H,17,19). The Morgan fingerprint density at radius 3 is 2.76 bits per heavy atom. The number of nitrogens with one attached hydrogen (secondary N) is 2. The van der Waals surface area contributed by atoms with Gasteiger partial charge < -0.3 is 4.74 Å². The van der Waals surface area contributed by atoms with Gasteiger partial charge >= 0.3 is 0 Å². The molecule has 1 aromatic heterocycles. The third kappa shape index (κ3) is 4.57. The van der Waals surface area contributed by atoms with E-state index in [0.717, 1.165) is 10.0 Å². The molecule has 2 amide bonds. The van der Waals surface area contributed by atoms with Crippen LogP contribution in [0.4, 0.5) is 0 Å². The van der Waals surface area contributed by atoms with E-state index in [9.17, 15) is 9.59 Å². The van der Waals surface area contributed by atoms with Crippen molar-refractivity contribution < 1.29 is 14.3 Å². The first-order chi connectivity index (χ1) is 10.1.